The van der Waals surface area contributed by atoms with Gasteiger partial charge < -0.3 is 14.2 Å². The normalized spacial score (nSPS) is 13.2. The van der Waals surface area contributed by atoms with E-state index in [9.17, 15) is 14.4 Å². The Bertz CT molecular complexity index is 1590. The minimum Gasteiger partial charge on any atom is -0.462 e. The molecule has 0 fully saturated rings. The zero-order valence-corrected chi connectivity index (χ0v) is 45.4. The zero-order valence-electron chi connectivity index (χ0n) is 45.4. The van der Waals surface area contributed by atoms with Crippen molar-refractivity contribution in [2.45, 2.75) is 232 Å². The molecule has 0 aliphatic heterocycles. The molecule has 1 atom stereocenters. The molecule has 0 spiro atoms. The molecule has 0 aromatic heterocycles. The minimum absolute atomic E-state index is 0.112. The van der Waals surface area contributed by atoms with E-state index in [0.717, 1.165) is 103 Å². The minimum atomic E-state index is -0.845. The molecule has 0 saturated carbocycles. The van der Waals surface area contributed by atoms with Crippen LogP contribution in [0.25, 0.3) is 0 Å². The van der Waals surface area contributed by atoms with E-state index >= 15 is 0 Å². The summed E-state index contributed by atoms with van der Waals surface area (Å²) in [6.45, 7) is 6.26. The highest BCUT2D eigenvalue weighted by molar-refractivity contribution is 5.72. The number of esters is 3. The number of unbranched alkanes of at least 4 members (excludes halogenated alkanes) is 15. The highest BCUT2D eigenvalue weighted by atomic mass is 16.6. The number of allylic oxidation sites excluding steroid dienone is 23. The van der Waals surface area contributed by atoms with Crippen molar-refractivity contribution in [3.63, 3.8) is 0 Å². The number of carbonyl (C=O) groups excluding carboxylic acids is 3. The van der Waals surface area contributed by atoms with Crippen LogP contribution in [0.5, 0.6) is 0 Å². The Balaban J connectivity index is 4.59. The van der Waals surface area contributed by atoms with E-state index in [4.69, 9.17) is 14.2 Å². The standard InChI is InChI=1S/C65H102O6/c1-4-7-10-13-16-19-22-25-28-30-31-32-33-35-37-40-43-46-49-52-55-58-64(67)70-61-62(60-69-63(66)57-54-51-48-45-42-39-36-27-24-21-18-15-12-9-6-3)71-65(68)59-56-53-50-47-44-41-38-34-29-26-23-20-17-14-11-8-5-2/h7,9-10,12,16,18-19,21,25-29,31-32,35-37,42-43,45-46,51,54,62H,4-6,8,11,13-15,17,20,22-24,30,33-34,38-41,44,47-50,52-53,55-61H2,1-3H3/b10-7-,12-9-,19-16-,21-18-,28-25-,29-26-,32-31-,36-27-,37-35-,45-42-,46-43-,54-51-. The second-order valence-corrected chi connectivity index (χ2v) is 18.1. The predicted molar refractivity (Wildman–Crippen MR) is 306 cm³/mol. The molecule has 398 valence electrons. The van der Waals surface area contributed by atoms with Gasteiger partial charge in [0, 0.05) is 12.8 Å². The first-order valence-electron chi connectivity index (χ1n) is 28.3. The van der Waals surface area contributed by atoms with E-state index < -0.39 is 12.1 Å². The average molecular weight is 980 g/mol. The summed E-state index contributed by atoms with van der Waals surface area (Å²) in [5, 5.41) is 0. The first-order chi connectivity index (χ1) is 35.0. The molecule has 0 N–H and O–H groups in total. The summed E-state index contributed by atoms with van der Waals surface area (Å²) in [4.78, 5) is 38.1. The lowest BCUT2D eigenvalue weighted by Gasteiger charge is -2.18. The molecule has 0 aliphatic rings. The summed E-state index contributed by atoms with van der Waals surface area (Å²) in [5.41, 5.74) is 0. The van der Waals surface area contributed by atoms with Crippen molar-refractivity contribution in [3.8, 4) is 0 Å². The second kappa shape index (κ2) is 57.9. The van der Waals surface area contributed by atoms with Crippen molar-refractivity contribution in [2.24, 2.45) is 0 Å². The van der Waals surface area contributed by atoms with Crippen LogP contribution in [-0.2, 0) is 28.6 Å². The van der Waals surface area contributed by atoms with Crippen LogP contribution in [0, 0.1) is 0 Å². The van der Waals surface area contributed by atoms with Crippen LogP contribution < -0.4 is 0 Å². The summed E-state index contributed by atoms with van der Waals surface area (Å²) in [6, 6.07) is 0. The van der Waals surface area contributed by atoms with Gasteiger partial charge in [0.25, 0.3) is 0 Å². The fraction of sp³-hybridized carbons (Fsp3) is 0.585. The number of carbonyl (C=O) groups is 3. The van der Waals surface area contributed by atoms with Gasteiger partial charge in [-0.3, -0.25) is 14.4 Å². The number of rotatable bonds is 49. The average Bonchev–Trinajstić information content (AvgIpc) is 3.37. The Morgan fingerprint density at radius 1 is 0.310 bits per heavy atom. The Labute approximate surface area is 436 Å². The maximum atomic E-state index is 12.9. The van der Waals surface area contributed by atoms with E-state index in [1.54, 1.807) is 6.08 Å². The molecule has 1 unspecified atom stereocenters. The molecule has 6 nitrogen and oxygen atoms in total. The van der Waals surface area contributed by atoms with Gasteiger partial charge in [0.15, 0.2) is 6.10 Å². The third-order valence-electron chi connectivity index (χ3n) is 11.3. The lowest BCUT2D eigenvalue weighted by Crippen LogP contribution is -2.30. The van der Waals surface area contributed by atoms with E-state index in [1.165, 1.54) is 77.0 Å². The Morgan fingerprint density at radius 2 is 0.606 bits per heavy atom. The van der Waals surface area contributed by atoms with Crippen LogP contribution in [-0.4, -0.2) is 37.2 Å². The smallest absolute Gasteiger partial charge is 0.309 e. The van der Waals surface area contributed by atoms with Gasteiger partial charge >= 0.3 is 17.9 Å². The highest BCUT2D eigenvalue weighted by Crippen LogP contribution is 2.13. The number of hydrogen-bond acceptors (Lipinski definition) is 6. The fourth-order valence-electron chi connectivity index (χ4n) is 7.16. The fourth-order valence-corrected chi connectivity index (χ4v) is 7.16. The Morgan fingerprint density at radius 3 is 1.03 bits per heavy atom. The van der Waals surface area contributed by atoms with Crippen molar-refractivity contribution in [3.05, 3.63) is 146 Å². The van der Waals surface area contributed by atoms with Crippen LogP contribution in [0.1, 0.15) is 226 Å². The van der Waals surface area contributed by atoms with Gasteiger partial charge in [-0.05, 0) is 122 Å². The molecule has 6 heteroatoms. The van der Waals surface area contributed by atoms with Crippen molar-refractivity contribution < 1.29 is 28.6 Å². The quantitative estimate of drug-likeness (QED) is 0.0262. The molecule has 0 aromatic carbocycles. The molecule has 0 bridgehead atoms. The van der Waals surface area contributed by atoms with Crippen LogP contribution in [0.2, 0.25) is 0 Å². The summed E-state index contributed by atoms with van der Waals surface area (Å²) in [6.07, 6.45) is 82.9. The van der Waals surface area contributed by atoms with Gasteiger partial charge in [0.1, 0.15) is 13.2 Å². The molecule has 0 radical (unpaired) electrons. The van der Waals surface area contributed by atoms with Crippen LogP contribution in [0.3, 0.4) is 0 Å². The number of ether oxygens (including phenoxy) is 3. The third kappa shape index (κ3) is 56.1. The third-order valence-corrected chi connectivity index (χ3v) is 11.3. The second-order valence-electron chi connectivity index (χ2n) is 18.1. The lowest BCUT2D eigenvalue weighted by molar-refractivity contribution is -0.166. The predicted octanol–water partition coefficient (Wildman–Crippen LogP) is 19.2. The summed E-state index contributed by atoms with van der Waals surface area (Å²) >= 11 is 0. The van der Waals surface area contributed by atoms with Crippen molar-refractivity contribution >= 4 is 17.9 Å². The van der Waals surface area contributed by atoms with Crippen molar-refractivity contribution in [1.29, 1.82) is 0 Å². The first kappa shape index (κ1) is 66.3. The Hall–Kier alpha value is -4.71. The van der Waals surface area contributed by atoms with Gasteiger partial charge in [-0.25, -0.2) is 0 Å². The maximum Gasteiger partial charge on any atom is 0.309 e. The Kier molecular flexibility index (Phi) is 54.0. The largest absolute Gasteiger partial charge is 0.462 e. The molecule has 0 saturated heterocycles. The van der Waals surface area contributed by atoms with Crippen LogP contribution >= 0.6 is 0 Å². The van der Waals surface area contributed by atoms with Crippen molar-refractivity contribution in [1.82, 2.24) is 0 Å². The van der Waals surface area contributed by atoms with E-state index in [-0.39, 0.29) is 44.4 Å². The molecule has 0 aliphatic carbocycles. The monoisotopic (exact) mass is 979 g/mol. The summed E-state index contributed by atoms with van der Waals surface area (Å²) in [7, 11) is 0. The van der Waals surface area contributed by atoms with E-state index in [0.29, 0.717) is 6.42 Å². The first-order valence-corrected chi connectivity index (χ1v) is 28.3. The molecule has 71 heavy (non-hydrogen) atoms. The molecule has 0 heterocycles. The molecular weight excluding hydrogens is 877 g/mol. The van der Waals surface area contributed by atoms with E-state index in [1.807, 2.05) is 6.08 Å². The zero-order chi connectivity index (χ0) is 51.4. The van der Waals surface area contributed by atoms with Crippen LogP contribution in [0.15, 0.2) is 146 Å². The van der Waals surface area contributed by atoms with Gasteiger partial charge in [-0.15, -0.1) is 0 Å². The lowest BCUT2D eigenvalue weighted by atomic mass is 10.1. The maximum absolute atomic E-state index is 12.9. The summed E-state index contributed by atoms with van der Waals surface area (Å²) in [5.74, 6) is -1.12. The summed E-state index contributed by atoms with van der Waals surface area (Å²) < 4.78 is 16.7. The molecule has 0 amide bonds. The number of hydrogen-bond donors (Lipinski definition) is 0. The molecule has 0 aromatic rings. The topological polar surface area (TPSA) is 78.9 Å². The van der Waals surface area contributed by atoms with Gasteiger partial charge in [-0.2, -0.15) is 0 Å². The highest BCUT2D eigenvalue weighted by Gasteiger charge is 2.19. The van der Waals surface area contributed by atoms with E-state index in [2.05, 4.69) is 154 Å². The van der Waals surface area contributed by atoms with Crippen molar-refractivity contribution in [2.75, 3.05) is 13.2 Å². The van der Waals surface area contributed by atoms with Gasteiger partial charge in [0.2, 0.25) is 0 Å². The molecular formula is C65H102O6. The van der Waals surface area contributed by atoms with Gasteiger partial charge in [0.05, 0.1) is 6.42 Å². The van der Waals surface area contributed by atoms with Gasteiger partial charge in [-0.1, -0.05) is 231 Å². The molecule has 0 rings (SSSR count). The SMILES string of the molecule is CC/C=C\C/C=C\C/C=C\C/C=C\C/C=C\C/C=C\CCCCC(=O)OCC(COC(=O)C/C=C\C/C=C\C/C=C\C/C=C\C/C=C\CC)OC(=O)CCCCCCCCC/C=C\CCCCCCCC. The van der Waals surface area contributed by atoms with Crippen LogP contribution in [0.4, 0.5) is 0 Å².